The van der Waals surface area contributed by atoms with Gasteiger partial charge in [0.2, 0.25) is 0 Å². The Labute approximate surface area is 137 Å². The Bertz CT molecular complexity index is 500. The van der Waals surface area contributed by atoms with Gasteiger partial charge >= 0.3 is 6.09 Å². The summed E-state index contributed by atoms with van der Waals surface area (Å²) >= 11 is 0. The van der Waals surface area contributed by atoms with Gasteiger partial charge in [0.15, 0.2) is 0 Å². The third-order valence-corrected chi connectivity index (χ3v) is 5.11. The molecule has 1 heterocycles. The number of rotatable bonds is 5. The molecule has 0 unspecified atom stereocenters. The Morgan fingerprint density at radius 1 is 1.17 bits per heavy atom. The van der Waals surface area contributed by atoms with Crippen molar-refractivity contribution < 1.29 is 14.6 Å². The average Bonchev–Trinajstić information content (AvgIpc) is 3.00. The number of amides is 1. The first kappa shape index (κ1) is 16.3. The quantitative estimate of drug-likeness (QED) is 0.781. The molecule has 1 aromatic rings. The Kier molecular flexibility index (Phi) is 5.51. The number of hydrogen-bond donors (Lipinski definition) is 3. The minimum Gasteiger partial charge on any atom is -0.465 e. The first-order chi connectivity index (χ1) is 11.2. The zero-order chi connectivity index (χ0) is 16.1. The molecule has 23 heavy (non-hydrogen) atoms. The monoisotopic (exact) mass is 318 g/mol. The molecule has 5 heteroatoms. The maximum absolute atomic E-state index is 10.8. The van der Waals surface area contributed by atoms with Crippen LogP contribution < -0.4 is 10.6 Å². The van der Waals surface area contributed by atoms with Gasteiger partial charge in [0, 0.05) is 0 Å². The highest BCUT2D eigenvalue weighted by atomic mass is 16.5. The van der Waals surface area contributed by atoms with E-state index in [9.17, 15) is 4.79 Å². The first-order valence-corrected chi connectivity index (χ1v) is 8.62. The van der Waals surface area contributed by atoms with Crippen molar-refractivity contribution in [3.05, 3.63) is 35.9 Å². The SMILES string of the molecule is O=C(O)N[C@H]1CCN[C@H]1COC1CCC(c2ccccc2)CC1. The maximum Gasteiger partial charge on any atom is 0.404 e. The molecule has 0 spiro atoms. The summed E-state index contributed by atoms with van der Waals surface area (Å²) in [6.07, 6.45) is 4.70. The van der Waals surface area contributed by atoms with Gasteiger partial charge < -0.3 is 20.5 Å². The number of carbonyl (C=O) groups is 1. The molecular formula is C18H26N2O3. The number of benzene rings is 1. The second-order valence-corrected chi connectivity index (χ2v) is 6.62. The molecule has 5 nitrogen and oxygen atoms in total. The van der Waals surface area contributed by atoms with Gasteiger partial charge in [0.05, 0.1) is 24.8 Å². The van der Waals surface area contributed by atoms with Gasteiger partial charge in [-0.1, -0.05) is 30.3 Å². The predicted octanol–water partition coefficient (Wildman–Crippen LogP) is 2.73. The van der Waals surface area contributed by atoms with E-state index in [1.54, 1.807) is 0 Å². The van der Waals surface area contributed by atoms with E-state index in [0.717, 1.165) is 25.8 Å². The lowest BCUT2D eigenvalue weighted by Crippen LogP contribution is -2.46. The molecule has 1 saturated carbocycles. The van der Waals surface area contributed by atoms with Crippen molar-refractivity contribution in [1.29, 1.82) is 0 Å². The van der Waals surface area contributed by atoms with Crippen molar-refractivity contribution in [2.75, 3.05) is 13.2 Å². The van der Waals surface area contributed by atoms with Crippen molar-refractivity contribution in [1.82, 2.24) is 10.6 Å². The molecule has 1 aliphatic heterocycles. The fourth-order valence-electron chi connectivity index (χ4n) is 3.80. The zero-order valence-corrected chi connectivity index (χ0v) is 13.4. The Morgan fingerprint density at radius 2 is 1.91 bits per heavy atom. The highest BCUT2D eigenvalue weighted by molar-refractivity contribution is 5.65. The normalized spacial score (nSPS) is 31.0. The second kappa shape index (κ2) is 7.79. The number of hydrogen-bond acceptors (Lipinski definition) is 3. The number of ether oxygens (including phenoxy) is 1. The van der Waals surface area contributed by atoms with E-state index in [1.807, 2.05) is 0 Å². The molecule has 0 aromatic heterocycles. The summed E-state index contributed by atoms with van der Waals surface area (Å²) in [5.41, 5.74) is 1.44. The Hall–Kier alpha value is -1.59. The molecule has 1 amide bonds. The van der Waals surface area contributed by atoms with E-state index in [-0.39, 0.29) is 12.1 Å². The maximum atomic E-state index is 10.8. The summed E-state index contributed by atoms with van der Waals surface area (Å²) in [4.78, 5) is 10.8. The molecule has 2 atom stereocenters. The molecule has 0 bridgehead atoms. The molecular weight excluding hydrogens is 292 g/mol. The van der Waals surface area contributed by atoms with E-state index in [2.05, 4.69) is 41.0 Å². The van der Waals surface area contributed by atoms with Crippen LogP contribution in [0, 0.1) is 0 Å². The summed E-state index contributed by atoms with van der Waals surface area (Å²) in [5, 5.41) is 14.8. The van der Waals surface area contributed by atoms with Gasteiger partial charge in [-0.25, -0.2) is 4.79 Å². The van der Waals surface area contributed by atoms with Gasteiger partial charge in [-0.15, -0.1) is 0 Å². The van der Waals surface area contributed by atoms with Gasteiger partial charge in [0.1, 0.15) is 0 Å². The highest BCUT2D eigenvalue weighted by Gasteiger charge is 2.30. The van der Waals surface area contributed by atoms with E-state index >= 15 is 0 Å². The van der Waals surface area contributed by atoms with E-state index in [4.69, 9.17) is 9.84 Å². The largest absolute Gasteiger partial charge is 0.465 e. The number of nitrogens with one attached hydrogen (secondary N) is 2. The van der Waals surface area contributed by atoms with Gasteiger partial charge in [-0.2, -0.15) is 0 Å². The lowest BCUT2D eigenvalue weighted by atomic mass is 9.83. The summed E-state index contributed by atoms with van der Waals surface area (Å²) in [5.74, 6) is 0.655. The van der Waals surface area contributed by atoms with Crippen LogP contribution in [0.5, 0.6) is 0 Å². The molecule has 0 radical (unpaired) electrons. The molecule has 2 aliphatic rings. The molecule has 3 rings (SSSR count). The summed E-state index contributed by atoms with van der Waals surface area (Å²) in [6, 6.07) is 10.8. The first-order valence-electron chi connectivity index (χ1n) is 8.62. The van der Waals surface area contributed by atoms with Crippen molar-refractivity contribution >= 4 is 6.09 Å². The van der Waals surface area contributed by atoms with Crippen LogP contribution in [0.4, 0.5) is 4.79 Å². The van der Waals surface area contributed by atoms with Gasteiger partial charge in [-0.05, 0) is 50.1 Å². The topological polar surface area (TPSA) is 70.6 Å². The van der Waals surface area contributed by atoms with Crippen LogP contribution in [-0.2, 0) is 4.74 Å². The van der Waals surface area contributed by atoms with Crippen LogP contribution in [0.1, 0.15) is 43.6 Å². The molecule has 126 valence electrons. The minimum absolute atomic E-state index is 0.0341. The molecule has 3 N–H and O–H groups in total. The molecule has 1 saturated heterocycles. The fraction of sp³-hybridized carbons (Fsp3) is 0.611. The predicted molar refractivity (Wildman–Crippen MR) is 88.7 cm³/mol. The van der Waals surface area contributed by atoms with Crippen LogP contribution in [0.25, 0.3) is 0 Å². The Morgan fingerprint density at radius 3 is 2.61 bits per heavy atom. The summed E-state index contributed by atoms with van der Waals surface area (Å²) < 4.78 is 6.07. The van der Waals surface area contributed by atoms with Crippen LogP contribution in [0.2, 0.25) is 0 Å². The smallest absolute Gasteiger partial charge is 0.404 e. The summed E-state index contributed by atoms with van der Waals surface area (Å²) in [6.45, 7) is 1.44. The van der Waals surface area contributed by atoms with Crippen LogP contribution >= 0.6 is 0 Å². The lowest BCUT2D eigenvalue weighted by molar-refractivity contribution is 0.0119. The second-order valence-electron chi connectivity index (χ2n) is 6.62. The van der Waals surface area contributed by atoms with E-state index < -0.39 is 6.09 Å². The Balaban J connectivity index is 1.41. The standard InChI is InChI=1S/C18H26N2O3/c21-18(22)20-16-10-11-19-17(16)12-23-15-8-6-14(7-9-15)13-4-2-1-3-5-13/h1-5,14-17,19-20H,6-12H2,(H,21,22)/t14?,15?,16-,17-/m0/s1. The highest BCUT2D eigenvalue weighted by Crippen LogP contribution is 2.33. The molecule has 1 aliphatic carbocycles. The van der Waals surface area contributed by atoms with Crippen LogP contribution in [0.15, 0.2) is 30.3 Å². The summed E-state index contributed by atoms with van der Waals surface area (Å²) in [7, 11) is 0. The number of carboxylic acid groups (broad SMARTS) is 1. The van der Waals surface area contributed by atoms with Crippen molar-refractivity contribution in [3.8, 4) is 0 Å². The van der Waals surface area contributed by atoms with E-state index in [1.165, 1.54) is 18.4 Å². The minimum atomic E-state index is -0.952. The molecule has 2 fully saturated rings. The third-order valence-electron chi connectivity index (χ3n) is 5.11. The molecule has 1 aromatic carbocycles. The van der Waals surface area contributed by atoms with Crippen molar-refractivity contribution in [2.24, 2.45) is 0 Å². The zero-order valence-electron chi connectivity index (χ0n) is 13.4. The van der Waals surface area contributed by atoms with Crippen LogP contribution in [0.3, 0.4) is 0 Å². The van der Waals surface area contributed by atoms with Gasteiger partial charge in [0.25, 0.3) is 0 Å². The van der Waals surface area contributed by atoms with Crippen LogP contribution in [-0.4, -0.2) is 42.5 Å². The third kappa shape index (κ3) is 4.45. The fourth-order valence-corrected chi connectivity index (χ4v) is 3.80. The van der Waals surface area contributed by atoms with E-state index in [0.29, 0.717) is 18.6 Å². The lowest BCUT2D eigenvalue weighted by Gasteiger charge is -2.30. The van der Waals surface area contributed by atoms with Crippen molar-refractivity contribution in [3.63, 3.8) is 0 Å². The van der Waals surface area contributed by atoms with Gasteiger partial charge in [-0.3, -0.25) is 0 Å². The van der Waals surface area contributed by atoms with Crippen molar-refractivity contribution in [2.45, 2.75) is 56.2 Å². The average molecular weight is 318 g/mol.